The number of nitrogens with zero attached hydrogens (tertiary/aromatic N) is 2. The molecule has 2 rings (SSSR count). The quantitative estimate of drug-likeness (QED) is 0.819. The Labute approximate surface area is 119 Å². The molecule has 3 heteroatoms. The molecule has 0 spiro atoms. The maximum atomic E-state index is 3.49. The van der Waals surface area contributed by atoms with Crippen molar-refractivity contribution in [3.05, 3.63) is 28.7 Å². The Hall–Kier alpha value is -0.540. The molecular formula is C15H23BrN2. The standard InChI is InChI=1S/C15H23BrN2/c1-12(2)15(11-18-9-4-10-18)17(3)14-7-5-13(16)6-8-14/h5-8,12,15H,4,9-11H2,1-3H3/t15-/m1/s1. The van der Waals surface area contributed by atoms with Crippen LogP contribution in [0.1, 0.15) is 20.3 Å². The van der Waals surface area contributed by atoms with Crippen LogP contribution >= 0.6 is 15.9 Å². The lowest BCUT2D eigenvalue weighted by molar-refractivity contribution is 0.158. The summed E-state index contributed by atoms with van der Waals surface area (Å²) in [6.07, 6.45) is 1.37. The molecule has 0 bridgehead atoms. The van der Waals surface area contributed by atoms with E-state index < -0.39 is 0 Å². The van der Waals surface area contributed by atoms with Crippen LogP contribution in [0.25, 0.3) is 0 Å². The first-order valence-electron chi connectivity index (χ1n) is 6.78. The molecule has 0 saturated carbocycles. The summed E-state index contributed by atoms with van der Waals surface area (Å²) < 4.78 is 1.14. The Balaban J connectivity index is 2.06. The van der Waals surface area contributed by atoms with Gasteiger partial charge in [0, 0.05) is 29.8 Å². The molecule has 2 nitrogen and oxygen atoms in total. The number of hydrogen-bond donors (Lipinski definition) is 0. The van der Waals surface area contributed by atoms with E-state index in [1.807, 2.05) is 0 Å². The van der Waals surface area contributed by atoms with Crippen LogP contribution in [0.2, 0.25) is 0 Å². The molecule has 1 fully saturated rings. The number of likely N-dealkylation sites (N-methyl/N-ethyl adjacent to an activating group) is 1. The fourth-order valence-corrected chi connectivity index (χ4v) is 2.74. The van der Waals surface area contributed by atoms with Gasteiger partial charge in [0.05, 0.1) is 0 Å². The fourth-order valence-electron chi connectivity index (χ4n) is 2.48. The molecule has 0 radical (unpaired) electrons. The molecule has 1 heterocycles. The van der Waals surface area contributed by atoms with Gasteiger partial charge in [0.15, 0.2) is 0 Å². The number of halogens is 1. The van der Waals surface area contributed by atoms with Gasteiger partial charge in [-0.05, 0) is 49.7 Å². The van der Waals surface area contributed by atoms with Gasteiger partial charge >= 0.3 is 0 Å². The third-order valence-corrected chi connectivity index (χ3v) is 4.42. The average molecular weight is 311 g/mol. The van der Waals surface area contributed by atoms with E-state index in [2.05, 4.69) is 70.9 Å². The zero-order chi connectivity index (χ0) is 13.1. The van der Waals surface area contributed by atoms with Gasteiger partial charge in [-0.1, -0.05) is 29.8 Å². The summed E-state index contributed by atoms with van der Waals surface area (Å²) in [4.78, 5) is 4.98. The lowest BCUT2D eigenvalue weighted by Gasteiger charge is -2.40. The number of rotatable bonds is 5. The van der Waals surface area contributed by atoms with Crippen molar-refractivity contribution in [2.45, 2.75) is 26.3 Å². The van der Waals surface area contributed by atoms with Crippen molar-refractivity contribution in [1.82, 2.24) is 4.90 Å². The summed E-state index contributed by atoms with van der Waals surface area (Å²) in [6.45, 7) is 8.37. The molecular weight excluding hydrogens is 288 g/mol. The van der Waals surface area contributed by atoms with Gasteiger partial charge in [0.25, 0.3) is 0 Å². The Morgan fingerprint density at radius 1 is 1.22 bits per heavy atom. The normalized spacial score (nSPS) is 17.6. The Bertz CT molecular complexity index is 371. The van der Waals surface area contributed by atoms with Crippen LogP contribution in [0.4, 0.5) is 5.69 Å². The summed E-state index contributed by atoms with van der Waals surface area (Å²) in [5.41, 5.74) is 1.30. The van der Waals surface area contributed by atoms with Gasteiger partial charge in [-0.15, -0.1) is 0 Å². The van der Waals surface area contributed by atoms with Crippen molar-refractivity contribution in [2.24, 2.45) is 5.92 Å². The minimum atomic E-state index is 0.589. The number of anilines is 1. The zero-order valence-electron chi connectivity index (χ0n) is 11.6. The molecule has 0 unspecified atom stereocenters. The van der Waals surface area contributed by atoms with Crippen molar-refractivity contribution in [3.63, 3.8) is 0 Å². The van der Waals surface area contributed by atoms with E-state index in [4.69, 9.17) is 0 Å². The molecule has 0 aliphatic carbocycles. The van der Waals surface area contributed by atoms with E-state index in [0.29, 0.717) is 12.0 Å². The first kappa shape index (κ1) is 13.9. The van der Waals surface area contributed by atoms with Crippen molar-refractivity contribution < 1.29 is 0 Å². The Morgan fingerprint density at radius 2 is 1.83 bits per heavy atom. The highest BCUT2D eigenvalue weighted by Crippen LogP contribution is 2.23. The molecule has 1 atom stereocenters. The maximum absolute atomic E-state index is 3.49. The van der Waals surface area contributed by atoms with Crippen molar-refractivity contribution >= 4 is 21.6 Å². The van der Waals surface area contributed by atoms with Crippen molar-refractivity contribution in [1.29, 1.82) is 0 Å². The zero-order valence-corrected chi connectivity index (χ0v) is 13.2. The third kappa shape index (κ3) is 3.27. The molecule has 0 aromatic heterocycles. The van der Waals surface area contributed by atoms with Gasteiger partial charge < -0.3 is 9.80 Å². The van der Waals surface area contributed by atoms with Crippen LogP contribution in [0.3, 0.4) is 0 Å². The predicted octanol–water partition coefficient (Wildman–Crippen LogP) is 3.62. The lowest BCUT2D eigenvalue weighted by atomic mass is 10.00. The Kier molecular flexibility index (Phi) is 4.68. The van der Waals surface area contributed by atoms with E-state index in [9.17, 15) is 0 Å². The maximum Gasteiger partial charge on any atom is 0.0436 e. The highest BCUT2D eigenvalue weighted by atomic mass is 79.9. The van der Waals surface area contributed by atoms with Crippen LogP contribution < -0.4 is 4.90 Å². The lowest BCUT2D eigenvalue weighted by Crippen LogP contribution is -2.49. The minimum absolute atomic E-state index is 0.589. The van der Waals surface area contributed by atoms with E-state index in [1.54, 1.807) is 0 Å². The van der Waals surface area contributed by atoms with Crippen LogP contribution in [-0.4, -0.2) is 37.6 Å². The first-order valence-corrected chi connectivity index (χ1v) is 7.58. The topological polar surface area (TPSA) is 6.48 Å². The Morgan fingerprint density at radius 3 is 2.28 bits per heavy atom. The fraction of sp³-hybridized carbons (Fsp3) is 0.600. The van der Waals surface area contributed by atoms with E-state index in [0.717, 1.165) is 4.47 Å². The molecule has 1 aliphatic heterocycles. The minimum Gasteiger partial charge on any atom is -0.370 e. The molecule has 18 heavy (non-hydrogen) atoms. The molecule has 1 aromatic carbocycles. The highest BCUT2D eigenvalue weighted by Gasteiger charge is 2.24. The highest BCUT2D eigenvalue weighted by molar-refractivity contribution is 9.10. The van der Waals surface area contributed by atoms with Crippen LogP contribution in [0, 0.1) is 5.92 Å². The molecule has 1 aromatic rings. The smallest absolute Gasteiger partial charge is 0.0436 e. The van der Waals surface area contributed by atoms with Gasteiger partial charge in [0.1, 0.15) is 0 Å². The van der Waals surface area contributed by atoms with Crippen molar-refractivity contribution in [2.75, 3.05) is 31.6 Å². The molecule has 1 saturated heterocycles. The van der Waals surface area contributed by atoms with E-state index in [1.165, 1.54) is 31.7 Å². The third-order valence-electron chi connectivity index (χ3n) is 3.89. The number of likely N-dealkylation sites (tertiary alicyclic amines) is 1. The van der Waals surface area contributed by atoms with Crippen LogP contribution in [0.15, 0.2) is 28.7 Å². The van der Waals surface area contributed by atoms with Crippen molar-refractivity contribution in [3.8, 4) is 0 Å². The molecule has 1 aliphatic rings. The largest absolute Gasteiger partial charge is 0.370 e. The number of hydrogen-bond acceptors (Lipinski definition) is 2. The van der Waals surface area contributed by atoms with E-state index in [-0.39, 0.29) is 0 Å². The molecule has 0 amide bonds. The first-order chi connectivity index (χ1) is 8.58. The second-order valence-corrected chi connectivity index (χ2v) is 6.47. The van der Waals surface area contributed by atoms with Gasteiger partial charge in [-0.3, -0.25) is 0 Å². The summed E-state index contributed by atoms with van der Waals surface area (Å²) in [6, 6.07) is 9.21. The average Bonchev–Trinajstić information content (AvgIpc) is 2.27. The van der Waals surface area contributed by atoms with Crippen LogP contribution in [-0.2, 0) is 0 Å². The number of benzene rings is 1. The second-order valence-electron chi connectivity index (χ2n) is 5.55. The second kappa shape index (κ2) is 6.07. The van der Waals surface area contributed by atoms with E-state index >= 15 is 0 Å². The summed E-state index contributed by atoms with van der Waals surface area (Å²) in [5, 5.41) is 0. The summed E-state index contributed by atoms with van der Waals surface area (Å²) >= 11 is 3.49. The monoisotopic (exact) mass is 310 g/mol. The van der Waals surface area contributed by atoms with Gasteiger partial charge in [-0.2, -0.15) is 0 Å². The predicted molar refractivity (Wildman–Crippen MR) is 82.2 cm³/mol. The summed E-state index contributed by atoms with van der Waals surface area (Å²) in [7, 11) is 2.22. The molecule has 0 N–H and O–H groups in total. The summed E-state index contributed by atoms with van der Waals surface area (Å²) in [5.74, 6) is 0.666. The SMILES string of the molecule is CC(C)[C@@H](CN1CCC1)N(C)c1ccc(Br)cc1. The molecule has 100 valence electrons. The van der Waals surface area contributed by atoms with Gasteiger partial charge in [-0.25, -0.2) is 0 Å². The van der Waals surface area contributed by atoms with Gasteiger partial charge in [0.2, 0.25) is 0 Å². The van der Waals surface area contributed by atoms with Crippen LogP contribution in [0.5, 0.6) is 0 Å².